The normalized spacial score (nSPS) is 10.5. The zero-order valence-electron chi connectivity index (χ0n) is 12.0. The molecule has 0 aliphatic rings. The van der Waals surface area contributed by atoms with Crippen LogP contribution in [0, 0.1) is 0 Å². The van der Waals surface area contributed by atoms with Gasteiger partial charge in [0.25, 0.3) is 5.91 Å². The number of amides is 1. The first-order valence-corrected chi connectivity index (χ1v) is 7.72. The van der Waals surface area contributed by atoms with Gasteiger partial charge in [-0.15, -0.1) is 0 Å². The Morgan fingerprint density at radius 2 is 1.83 bits per heavy atom. The second-order valence-corrected chi connectivity index (χ2v) is 5.78. The molecule has 2 aromatic carbocycles. The highest BCUT2D eigenvalue weighted by atomic mass is 35.5. The molecule has 4 nitrogen and oxygen atoms in total. The fourth-order valence-corrected chi connectivity index (χ4v) is 2.44. The fourth-order valence-electron chi connectivity index (χ4n) is 2.12. The molecule has 116 valence electrons. The quantitative estimate of drug-likeness (QED) is 0.739. The summed E-state index contributed by atoms with van der Waals surface area (Å²) >= 11 is 11.8. The van der Waals surface area contributed by atoms with Crippen molar-refractivity contribution >= 4 is 29.1 Å². The van der Waals surface area contributed by atoms with E-state index in [0.717, 1.165) is 16.8 Å². The molecule has 23 heavy (non-hydrogen) atoms. The number of aromatic amines is 1. The van der Waals surface area contributed by atoms with E-state index in [1.165, 1.54) is 0 Å². The molecule has 0 radical (unpaired) electrons. The van der Waals surface area contributed by atoms with Crippen LogP contribution in [0.2, 0.25) is 10.0 Å². The molecular formula is C17H13Cl2N3O. The van der Waals surface area contributed by atoms with Crippen LogP contribution in [0.15, 0.2) is 54.6 Å². The maximum absolute atomic E-state index is 12.2. The third-order valence-corrected chi connectivity index (χ3v) is 4.07. The minimum Gasteiger partial charge on any atom is -0.347 e. The van der Waals surface area contributed by atoms with Crippen LogP contribution >= 0.6 is 23.2 Å². The van der Waals surface area contributed by atoms with E-state index in [2.05, 4.69) is 15.5 Å². The van der Waals surface area contributed by atoms with E-state index in [4.69, 9.17) is 23.2 Å². The van der Waals surface area contributed by atoms with Crippen LogP contribution in [0.4, 0.5) is 0 Å². The molecule has 3 aromatic rings. The summed E-state index contributed by atoms with van der Waals surface area (Å²) in [5.41, 5.74) is 2.96. The molecule has 2 N–H and O–H groups in total. The van der Waals surface area contributed by atoms with Gasteiger partial charge in [0.1, 0.15) is 5.69 Å². The largest absolute Gasteiger partial charge is 0.347 e. The molecule has 0 atom stereocenters. The van der Waals surface area contributed by atoms with Crippen molar-refractivity contribution < 1.29 is 4.79 Å². The number of carbonyl (C=O) groups is 1. The molecule has 0 fully saturated rings. The molecule has 3 rings (SSSR count). The number of aromatic nitrogens is 2. The number of nitrogens with zero attached hydrogens (tertiary/aromatic N) is 1. The Bertz CT molecular complexity index is 831. The van der Waals surface area contributed by atoms with Crippen LogP contribution in [0.5, 0.6) is 0 Å². The van der Waals surface area contributed by atoms with Gasteiger partial charge in [-0.2, -0.15) is 5.10 Å². The third-order valence-electron chi connectivity index (χ3n) is 3.33. The summed E-state index contributed by atoms with van der Waals surface area (Å²) < 4.78 is 0. The molecular weight excluding hydrogens is 333 g/mol. The fraction of sp³-hybridized carbons (Fsp3) is 0.0588. The average Bonchev–Trinajstić information content (AvgIpc) is 3.06. The van der Waals surface area contributed by atoms with Crippen molar-refractivity contribution in [2.45, 2.75) is 6.54 Å². The minimum atomic E-state index is -0.231. The molecule has 0 spiro atoms. The molecule has 0 aliphatic heterocycles. The highest BCUT2D eigenvalue weighted by Gasteiger charge is 2.11. The molecule has 0 saturated heterocycles. The van der Waals surface area contributed by atoms with Crippen LogP contribution in [-0.2, 0) is 6.54 Å². The van der Waals surface area contributed by atoms with E-state index in [1.54, 1.807) is 18.2 Å². The standard InChI is InChI=1S/C17H13Cl2N3O/c18-13-7-6-11(8-14(13)19)10-20-17(23)16-9-15(21-22-16)12-4-2-1-3-5-12/h1-9H,10H2,(H,20,23)(H,21,22). The number of halogens is 2. The maximum atomic E-state index is 12.2. The first kappa shape index (κ1) is 15.6. The minimum absolute atomic E-state index is 0.231. The van der Waals surface area contributed by atoms with Crippen molar-refractivity contribution in [1.82, 2.24) is 15.5 Å². The van der Waals surface area contributed by atoms with Crippen molar-refractivity contribution in [2.75, 3.05) is 0 Å². The molecule has 6 heteroatoms. The van der Waals surface area contributed by atoms with Gasteiger partial charge in [0, 0.05) is 12.1 Å². The van der Waals surface area contributed by atoms with Crippen molar-refractivity contribution in [3.05, 3.63) is 75.9 Å². The van der Waals surface area contributed by atoms with Crippen LogP contribution in [-0.4, -0.2) is 16.1 Å². The Labute approximate surface area is 143 Å². The highest BCUT2D eigenvalue weighted by molar-refractivity contribution is 6.42. The topological polar surface area (TPSA) is 57.8 Å². The second-order valence-electron chi connectivity index (χ2n) is 4.96. The molecule has 1 aromatic heterocycles. The number of benzene rings is 2. The van der Waals surface area contributed by atoms with E-state index >= 15 is 0 Å². The van der Waals surface area contributed by atoms with Crippen molar-refractivity contribution in [3.63, 3.8) is 0 Å². The van der Waals surface area contributed by atoms with E-state index in [1.807, 2.05) is 36.4 Å². The predicted molar refractivity (Wildman–Crippen MR) is 91.7 cm³/mol. The van der Waals surface area contributed by atoms with Gasteiger partial charge in [0.2, 0.25) is 0 Å². The van der Waals surface area contributed by atoms with Crippen LogP contribution < -0.4 is 5.32 Å². The lowest BCUT2D eigenvalue weighted by Crippen LogP contribution is -2.23. The average molecular weight is 346 g/mol. The first-order chi connectivity index (χ1) is 11.1. The zero-order valence-corrected chi connectivity index (χ0v) is 13.5. The molecule has 0 saturated carbocycles. The number of hydrogen-bond acceptors (Lipinski definition) is 2. The SMILES string of the molecule is O=C(NCc1ccc(Cl)c(Cl)c1)c1cc(-c2ccccc2)n[nH]1. The van der Waals surface area contributed by atoms with Gasteiger partial charge in [0.15, 0.2) is 0 Å². The van der Waals surface area contributed by atoms with E-state index in [-0.39, 0.29) is 5.91 Å². The Hall–Kier alpha value is -2.30. The van der Waals surface area contributed by atoms with Crippen molar-refractivity contribution in [3.8, 4) is 11.3 Å². The monoisotopic (exact) mass is 345 g/mol. The number of H-pyrrole nitrogens is 1. The van der Waals surface area contributed by atoms with Crippen LogP contribution in [0.25, 0.3) is 11.3 Å². The highest BCUT2D eigenvalue weighted by Crippen LogP contribution is 2.22. The third kappa shape index (κ3) is 3.73. The lowest BCUT2D eigenvalue weighted by molar-refractivity contribution is 0.0946. The zero-order chi connectivity index (χ0) is 16.2. The molecule has 1 heterocycles. The lowest BCUT2D eigenvalue weighted by atomic mass is 10.1. The van der Waals surface area contributed by atoms with Gasteiger partial charge in [0.05, 0.1) is 15.7 Å². The number of hydrogen-bond donors (Lipinski definition) is 2. The van der Waals surface area contributed by atoms with Gasteiger partial charge < -0.3 is 5.32 Å². The van der Waals surface area contributed by atoms with Crippen LogP contribution in [0.1, 0.15) is 16.1 Å². The number of nitrogens with one attached hydrogen (secondary N) is 2. The van der Waals surface area contributed by atoms with Crippen LogP contribution in [0.3, 0.4) is 0 Å². The molecule has 0 bridgehead atoms. The summed E-state index contributed by atoms with van der Waals surface area (Å²) in [6.07, 6.45) is 0. The number of carbonyl (C=O) groups excluding carboxylic acids is 1. The van der Waals surface area contributed by atoms with Gasteiger partial charge in [-0.3, -0.25) is 9.89 Å². The first-order valence-electron chi connectivity index (χ1n) is 6.96. The van der Waals surface area contributed by atoms with E-state index < -0.39 is 0 Å². The Morgan fingerprint density at radius 1 is 1.04 bits per heavy atom. The van der Waals surface area contributed by atoms with Gasteiger partial charge in [-0.1, -0.05) is 59.6 Å². The summed E-state index contributed by atoms with van der Waals surface area (Å²) in [6.45, 7) is 0.357. The molecule has 0 unspecified atom stereocenters. The summed E-state index contributed by atoms with van der Waals surface area (Å²) in [4.78, 5) is 12.2. The number of rotatable bonds is 4. The smallest absolute Gasteiger partial charge is 0.269 e. The lowest BCUT2D eigenvalue weighted by Gasteiger charge is -2.05. The Balaban J connectivity index is 1.67. The molecule has 1 amide bonds. The maximum Gasteiger partial charge on any atom is 0.269 e. The summed E-state index contributed by atoms with van der Waals surface area (Å²) in [5.74, 6) is -0.231. The molecule has 0 aliphatic carbocycles. The Kier molecular flexibility index (Phi) is 4.65. The Morgan fingerprint density at radius 3 is 2.57 bits per heavy atom. The summed E-state index contributed by atoms with van der Waals surface area (Å²) in [7, 11) is 0. The van der Waals surface area contributed by atoms with E-state index in [9.17, 15) is 4.79 Å². The van der Waals surface area contributed by atoms with Gasteiger partial charge in [-0.25, -0.2) is 0 Å². The van der Waals surface area contributed by atoms with Gasteiger partial charge >= 0.3 is 0 Å². The summed E-state index contributed by atoms with van der Waals surface area (Å²) in [5, 5.41) is 10.7. The predicted octanol–water partition coefficient (Wildman–Crippen LogP) is 4.31. The summed E-state index contributed by atoms with van der Waals surface area (Å²) in [6, 6.07) is 16.6. The van der Waals surface area contributed by atoms with Gasteiger partial charge in [-0.05, 0) is 23.8 Å². The van der Waals surface area contributed by atoms with E-state index in [0.29, 0.717) is 22.3 Å². The van der Waals surface area contributed by atoms with Crippen molar-refractivity contribution in [2.24, 2.45) is 0 Å². The van der Waals surface area contributed by atoms with Crippen molar-refractivity contribution in [1.29, 1.82) is 0 Å². The second kappa shape index (κ2) is 6.86.